The standard InChI is InChI=1S/C16H17BO5S/c18-14(10-15-5-2-6-23-15)9-13(17(21)22)8-11-3-1-4-12(7-11)16(19)20/h1-7,13,21-22H,8-10H2,(H,19,20)/t13-/m1/s1. The number of ketones is 1. The molecule has 0 aliphatic heterocycles. The van der Waals surface area contributed by atoms with Crippen LogP contribution >= 0.6 is 11.3 Å². The maximum absolute atomic E-state index is 12.1. The molecule has 3 N–H and O–H groups in total. The molecule has 0 amide bonds. The van der Waals surface area contributed by atoms with Crippen molar-refractivity contribution in [2.24, 2.45) is 0 Å². The highest BCUT2D eigenvalue weighted by Gasteiger charge is 2.26. The van der Waals surface area contributed by atoms with Gasteiger partial charge in [-0.1, -0.05) is 18.2 Å². The smallest absolute Gasteiger partial charge is 0.455 e. The summed E-state index contributed by atoms with van der Waals surface area (Å²) in [6.07, 6.45) is 0.540. The monoisotopic (exact) mass is 332 g/mol. The van der Waals surface area contributed by atoms with Crippen molar-refractivity contribution in [1.29, 1.82) is 0 Å². The van der Waals surface area contributed by atoms with Crippen LogP contribution in [-0.2, 0) is 17.6 Å². The molecule has 0 bridgehead atoms. The van der Waals surface area contributed by atoms with Crippen LogP contribution in [-0.4, -0.2) is 34.0 Å². The SMILES string of the molecule is O=C(Cc1cccs1)C[C@@H](Cc1cccc(C(=O)O)c1)B(O)O. The maximum Gasteiger partial charge on any atom is 0.455 e. The molecule has 0 fully saturated rings. The molecule has 1 heterocycles. The van der Waals surface area contributed by atoms with Gasteiger partial charge >= 0.3 is 13.1 Å². The summed E-state index contributed by atoms with van der Waals surface area (Å²) in [6, 6.07) is 10.0. The van der Waals surface area contributed by atoms with E-state index in [-0.39, 0.29) is 30.6 Å². The zero-order chi connectivity index (χ0) is 16.8. The first-order valence-electron chi connectivity index (χ1n) is 7.18. The number of Topliss-reactive ketones (excluding diaryl/α,β-unsaturated/α-hetero) is 1. The lowest BCUT2D eigenvalue weighted by Crippen LogP contribution is -2.25. The van der Waals surface area contributed by atoms with Crippen LogP contribution in [0.25, 0.3) is 0 Å². The van der Waals surface area contributed by atoms with Gasteiger partial charge in [-0.3, -0.25) is 4.79 Å². The van der Waals surface area contributed by atoms with Crippen LogP contribution in [0.1, 0.15) is 27.2 Å². The first-order chi connectivity index (χ1) is 11.0. The van der Waals surface area contributed by atoms with E-state index in [4.69, 9.17) is 5.11 Å². The predicted molar refractivity (Wildman–Crippen MR) is 88.7 cm³/mol. The van der Waals surface area contributed by atoms with E-state index >= 15 is 0 Å². The number of hydrogen-bond donors (Lipinski definition) is 3. The molecule has 120 valence electrons. The molecule has 0 unspecified atom stereocenters. The van der Waals surface area contributed by atoms with Crippen LogP contribution in [0.2, 0.25) is 5.82 Å². The Morgan fingerprint density at radius 1 is 1.17 bits per heavy atom. The molecule has 1 aromatic heterocycles. The molecule has 0 saturated heterocycles. The van der Waals surface area contributed by atoms with Gasteiger partial charge in [0.1, 0.15) is 5.78 Å². The van der Waals surface area contributed by atoms with E-state index in [1.165, 1.54) is 23.5 Å². The molecule has 23 heavy (non-hydrogen) atoms. The number of thiophene rings is 1. The Bertz CT molecular complexity index is 669. The summed E-state index contributed by atoms with van der Waals surface area (Å²) in [6.45, 7) is 0. The molecule has 0 aliphatic carbocycles. The van der Waals surface area contributed by atoms with Crippen molar-refractivity contribution in [3.05, 3.63) is 57.8 Å². The van der Waals surface area contributed by atoms with E-state index < -0.39 is 18.9 Å². The highest BCUT2D eigenvalue weighted by atomic mass is 32.1. The van der Waals surface area contributed by atoms with Gasteiger partial charge < -0.3 is 15.2 Å². The molecule has 0 radical (unpaired) electrons. The van der Waals surface area contributed by atoms with Gasteiger partial charge in [0.15, 0.2) is 0 Å². The maximum atomic E-state index is 12.1. The van der Waals surface area contributed by atoms with E-state index in [1.807, 2.05) is 17.5 Å². The summed E-state index contributed by atoms with van der Waals surface area (Å²) >= 11 is 1.48. The van der Waals surface area contributed by atoms with Crippen LogP contribution < -0.4 is 0 Å². The quantitative estimate of drug-likeness (QED) is 0.643. The van der Waals surface area contributed by atoms with Crippen LogP contribution in [0.3, 0.4) is 0 Å². The van der Waals surface area contributed by atoms with Crippen molar-refractivity contribution in [1.82, 2.24) is 0 Å². The third kappa shape index (κ3) is 5.31. The van der Waals surface area contributed by atoms with Gasteiger partial charge in [0.2, 0.25) is 0 Å². The third-order valence-corrected chi connectivity index (χ3v) is 4.41. The van der Waals surface area contributed by atoms with Crippen LogP contribution in [0.4, 0.5) is 0 Å². The van der Waals surface area contributed by atoms with Crippen molar-refractivity contribution in [3.8, 4) is 0 Å². The lowest BCUT2D eigenvalue weighted by Gasteiger charge is -2.15. The minimum absolute atomic E-state index is 0.0346. The number of benzene rings is 1. The van der Waals surface area contributed by atoms with Crippen molar-refractivity contribution < 1.29 is 24.7 Å². The lowest BCUT2D eigenvalue weighted by molar-refractivity contribution is -0.118. The molecule has 1 atom stereocenters. The molecule has 0 spiro atoms. The predicted octanol–water partition coefficient (Wildman–Crippen LogP) is 2.03. The number of rotatable bonds is 8. The zero-order valence-electron chi connectivity index (χ0n) is 12.4. The van der Waals surface area contributed by atoms with Gasteiger partial charge in [-0.15, -0.1) is 11.3 Å². The fourth-order valence-corrected chi connectivity index (χ4v) is 3.12. The van der Waals surface area contributed by atoms with Crippen LogP contribution in [0, 0.1) is 0 Å². The number of carbonyl (C=O) groups is 2. The van der Waals surface area contributed by atoms with E-state index in [1.54, 1.807) is 12.1 Å². The highest BCUT2D eigenvalue weighted by Crippen LogP contribution is 2.22. The lowest BCUT2D eigenvalue weighted by atomic mass is 9.67. The Morgan fingerprint density at radius 3 is 2.57 bits per heavy atom. The largest absolute Gasteiger partial charge is 0.478 e. The second kappa shape index (κ2) is 8.05. The summed E-state index contributed by atoms with van der Waals surface area (Å²) in [7, 11) is -1.63. The fourth-order valence-electron chi connectivity index (χ4n) is 2.39. The molecular weight excluding hydrogens is 315 g/mol. The zero-order valence-corrected chi connectivity index (χ0v) is 13.2. The van der Waals surface area contributed by atoms with Gasteiger partial charge in [0.05, 0.1) is 5.56 Å². The molecule has 0 aliphatic rings. The Kier molecular flexibility index (Phi) is 6.09. The highest BCUT2D eigenvalue weighted by molar-refractivity contribution is 7.10. The number of hydrogen-bond acceptors (Lipinski definition) is 5. The van der Waals surface area contributed by atoms with Crippen molar-refractivity contribution in [3.63, 3.8) is 0 Å². The van der Waals surface area contributed by atoms with Crippen LogP contribution in [0.5, 0.6) is 0 Å². The fraction of sp³-hybridized carbons (Fsp3) is 0.250. The van der Waals surface area contributed by atoms with Gasteiger partial charge in [-0.05, 0) is 35.6 Å². The first-order valence-corrected chi connectivity index (χ1v) is 8.06. The normalized spacial score (nSPS) is 11.9. The Balaban J connectivity index is 2.02. The summed E-state index contributed by atoms with van der Waals surface area (Å²) in [5, 5.41) is 29.9. The molecule has 5 nitrogen and oxygen atoms in total. The number of carbonyl (C=O) groups excluding carboxylic acids is 1. The van der Waals surface area contributed by atoms with Crippen LogP contribution in [0.15, 0.2) is 41.8 Å². The second-order valence-corrected chi connectivity index (χ2v) is 6.41. The Morgan fingerprint density at radius 2 is 1.96 bits per heavy atom. The van der Waals surface area contributed by atoms with Crippen molar-refractivity contribution >= 4 is 30.2 Å². The Hall–Kier alpha value is -1.96. The van der Waals surface area contributed by atoms with E-state index in [0.29, 0.717) is 5.56 Å². The molecular formula is C16H17BO5S. The minimum atomic E-state index is -1.63. The third-order valence-electron chi connectivity index (χ3n) is 3.53. The van der Waals surface area contributed by atoms with Gasteiger partial charge in [0.25, 0.3) is 0 Å². The summed E-state index contributed by atoms with van der Waals surface area (Å²) in [5.41, 5.74) is 0.797. The molecule has 0 saturated carbocycles. The van der Waals surface area contributed by atoms with Gasteiger partial charge in [-0.25, -0.2) is 4.79 Å². The Labute approximate surface area is 138 Å². The number of carboxylic acid groups (broad SMARTS) is 1. The van der Waals surface area contributed by atoms with Crippen molar-refractivity contribution in [2.45, 2.75) is 25.1 Å². The van der Waals surface area contributed by atoms with Gasteiger partial charge in [0, 0.05) is 23.5 Å². The molecule has 7 heteroatoms. The average molecular weight is 332 g/mol. The molecule has 2 rings (SSSR count). The second-order valence-electron chi connectivity index (χ2n) is 5.38. The minimum Gasteiger partial charge on any atom is -0.478 e. The molecule has 1 aromatic carbocycles. The first kappa shape index (κ1) is 17.4. The van der Waals surface area contributed by atoms with E-state index in [2.05, 4.69) is 0 Å². The number of carboxylic acids is 1. The average Bonchev–Trinajstić information content (AvgIpc) is 2.99. The van der Waals surface area contributed by atoms with E-state index in [9.17, 15) is 19.6 Å². The summed E-state index contributed by atoms with van der Waals surface area (Å²) in [4.78, 5) is 24.0. The number of aromatic carboxylic acids is 1. The topological polar surface area (TPSA) is 94.8 Å². The van der Waals surface area contributed by atoms with Gasteiger partial charge in [-0.2, -0.15) is 0 Å². The summed E-state index contributed by atoms with van der Waals surface area (Å²) < 4.78 is 0. The van der Waals surface area contributed by atoms with Crippen molar-refractivity contribution in [2.75, 3.05) is 0 Å². The molecule has 2 aromatic rings. The van der Waals surface area contributed by atoms with E-state index in [0.717, 1.165) is 4.88 Å². The summed E-state index contributed by atoms with van der Waals surface area (Å²) in [5.74, 6) is -1.77.